The minimum atomic E-state index is -0.933. The van der Waals surface area contributed by atoms with Crippen LogP contribution >= 0.6 is 0 Å². The third-order valence-corrected chi connectivity index (χ3v) is 6.87. The lowest BCUT2D eigenvalue weighted by Gasteiger charge is -2.38. The van der Waals surface area contributed by atoms with E-state index in [1.165, 1.54) is 38.2 Å². The van der Waals surface area contributed by atoms with Gasteiger partial charge in [-0.3, -0.25) is 4.79 Å². The average Bonchev–Trinajstić information content (AvgIpc) is 3.32. The summed E-state index contributed by atoms with van der Waals surface area (Å²) < 4.78 is 6.24. The van der Waals surface area contributed by atoms with Gasteiger partial charge in [-0.1, -0.05) is 51.0 Å². The fourth-order valence-electron chi connectivity index (χ4n) is 4.98. The van der Waals surface area contributed by atoms with Gasteiger partial charge in [0, 0.05) is 25.1 Å². The predicted octanol–water partition coefficient (Wildman–Crippen LogP) is 4.30. The maximum absolute atomic E-state index is 11.9. The van der Waals surface area contributed by atoms with E-state index < -0.39 is 12.1 Å². The van der Waals surface area contributed by atoms with E-state index in [9.17, 15) is 14.7 Å². The molecule has 1 saturated carbocycles. The molecule has 6 nitrogen and oxygen atoms in total. The summed E-state index contributed by atoms with van der Waals surface area (Å²) >= 11 is 0. The van der Waals surface area contributed by atoms with Crippen molar-refractivity contribution < 1.29 is 19.4 Å². The fourth-order valence-corrected chi connectivity index (χ4v) is 4.98. The van der Waals surface area contributed by atoms with Gasteiger partial charge in [-0.2, -0.15) is 0 Å². The smallest absolute Gasteiger partial charge is 0.331 e. The number of carboxylic acid groups (broad SMARTS) is 1. The Morgan fingerprint density at radius 3 is 2.34 bits per heavy atom. The fraction of sp³-hybridized carbons (Fsp3) is 0.615. The number of aliphatic carboxylic acids is 1. The molecule has 1 amide bonds. The highest BCUT2D eigenvalue weighted by molar-refractivity contribution is 5.87. The summed E-state index contributed by atoms with van der Waals surface area (Å²) in [6.07, 6.45) is 8.41. The second-order valence-electron chi connectivity index (χ2n) is 9.18. The van der Waals surface area contributed by atoms with Gasteiger partial charge < -0.3 is 20.5 Å². The van der Waals surface area contributed by atoms with Crippen LogP contribution in [-0.4, -0.2) is 41.3 Å². The molecule has 2 aliphatic carbocycles. The molecule has 0 spiro atoms. The lowest BCUT2D eigenvalue weighted by Crippen LogP contribution is -2.58. The molecule has 1 fully saturated rings. The van der Waals surface area contributed by atoms with Crippen molar-refractivity contribution in [1.82, 2.24) is 10.6 Å². The van der Waals surface area contributed by atoms with E-state index >= 15 is 0 Å². The highest BCUT2D eigenvalue weighted by Crippen LogP contribution is 2.34. The van der Waals surface area contributed by atoms with Crippen LogP contribution in [0.1, 0.15) is 82.8 Å². The van der Waals surface area contributed by atoms with Gasteiger partial charge in [-0.05, 0) is 55.2 Å². The van der Waals surface area contributed by atoms with E-state index in [0.717, 1.165) is 18.4 Å². The number of rotatable bonds is 10. The van der Waals surface area contributed by atoms with Crippen LogP contribution in [0.25, 0.3) is 0 Å². The summed E-state index contributed by atoms with van der Waals surface area (Å²) in [5, 5.41) is 16.2. The van der Waals surface area contributed by atoms with Crippen LogP contribution in [0.3, 0.4) is 0 Å². The highest BCUT2D eigenvalue weighted by atomic mass is 16.5. The van der Waals surface area contributed by atoms with Crippen LogP contribution in [0.4, 0.5) is 0 Å². The van der Waals surface area contributed by atoms with Gasteiger partial charge >= 0.3 is 5.97 Å². The van der Waals surface area contributed by atoms with E-state index in [2.05, 4.69) is 48.7 Å². The second kappa shape index (κ2) is 11.6. The Hall–Kier alpha value is -2.18. The van der Waals surface area contributed by atoms with Crippen molar-refractivity contribution in [2.45, 2.75) is 102 Å². The Balaban J connectivity index is 1.73. The van der Waals surface area contributed by atoms with Gasteiger partial charge in [0.05, 0.1) is 18.2 Å². The monoisotopic (exact) mass is 442 g/mol. The Morgan fingerprint density at radius 2 is 1.78 bits per heavy atom. The highest BCUT2D eigenvalue weighted by Gasteiger charge is 2.37. The van der Waals surface area contributed by atoms with Gasteiger partial charge in [0.15, 0.2) is 0 Å². The van der Waals surface area contributed by atoms with Crippen molar-refractivity contribution >= 4 is 11.9 Å². The zero-order valence-electron chi connectivity index (χ0n) is 19.6. The molecule has 3 atom stereocenters. The van der Waals surface area contributed by atoms with Crippen LogP contribution in [0.2, 0.25) is 0 Å². The molecule has 0 bridgehead atoms. The lowest BCUT2D eigenvalue weighted by atomic mass is 9.87. The van der Waals surface area contributed by atoms with Gasteiger partial charge in [0.1, 0.15) is 0 Å². The van der Waals surface area contributed by atoms with Gasteiger partial charge in [0.25, 0.3) is 0 Å². The molecule has 32 heavy (non-hydrogen) atoms. The maximum Gasteiger partial charge on any atom is 0.331 e. The Labute approximate surface area is 191 Å². The van der Waals surface area contributed by atoms with Crippen LogP contribution in [0, 0.1) is 0 Å². The van der Waals surface area contributed by atoms with E-state index in [1.807, 2.05) is 0 Å². The number of carbonyl (C=O) groups excluding carboxylic acids is 1. The number of ether oxygens (including phenoxy) is 1. The van der Waals surface area contributed by atoms with E-state index in [0.29, 0.717) is 24.5 Å². The third-order valence-electron chi connectivity index (χ3n) is 6.87. The summed E-state index contributed by atoms with van der Waals surface area (Å²) in [5.41, 5.74) is 2.89. The summed E-state index contributed by atoms with van der Waals surface area (Å²) in [6, 6.07) is 8.20. The number of benzene rings is 1. The molecule has 6 heteroatoms. The number of hydrogen-bond donors (Lipinski definition) is 3. The number of carbonyl (C=O) groups is 2. The second-order valence-corrected chi connectivity index (χ2v) is 9.18. The first-order valence-electron chi connectivity index (χ1n) is 12.1. The minimum Gasteiger partial charge on any atom is -0.478 e. The molecule has 1 aromatic carbocycles. The van der Waals surface area contributed by atoms with E-state index in [1.54, 1.807) is 6.08 Å². The molecular weight excluding hydrogens is 404 g/mol. The van der Waals surface area contributed by atoms with Crippen LogP contribution in [0.5, 0.6) is 0 Å². The number of nitrogens with one attached hydrogen (secondary N) is 2. The molecule has 0 heterocycles. The first kappa shape index (κ1) is 24.5. The van der Waals surface area contributed by atoms with Crippen molar-refractivity contribution in [1.29, 1.82) is 0 Å². The molecule has 0 aliphatic heterocycles. The zero-order valence-corrected chi connectivity index (χ0v) is 19.6. The molecule has 0 radical (unpaired) electrons. The topological polar surface area (TPSA) is 87.7 Å². The molecule has 1 aromatic rings. The largest absolute Gasteiger partial charge is 0.478 e. The number of hydrogen-bond acceptors (Lipinski definition) is 4. The van der Waals surface area contributed by atoms with Gasteiger partial charge in [-0.25, -0.2) is 4.79 Å². The lowest BCUT2D eigenvalue weighted by molar-refractivity contribution is -0.133. The number of carboxylic acids is 1. The van der Waals surface area contributed by atoms with Crippen molar-refractivity contribution in [2.75, 3.05) is 0 Å². The Kier molecular flexibility index (Phi) is 8.88. The van der Waals surface area contributed by atoms with E-state index in [-0.39, 0.29) is 24.1 Å². The molecule has 176 valence electrons. The standard InChI is InChI=1S/C26H38N2O4/c1-4-22(5-2)32-24-15-21(26(30)31)14-23(25(24)28-17(3)29)27-16-18-10-12-20(13-11-18)19-8-6-7-9-19/h10-13,15,19,22-25,27H,4-9,14,16H2,1-3H3,(H,28,29)(H,30,31)/t23-,24+,25+/m0/s1. The molecule has 2 aliphatic rings. The summed E-state index contributed by atoms with van der Waals surface area (Å²) in [6.45, 7) is 6.20. The Bertz CT molecular complexity index is 795. The quantitative estimate of drug-likeness (QED) is 0.503. The maximum atomic E-state index is 11.9. The molecule has 0 unspecified atom stereocenters. The summed E-state index contributed by atoms with van der Waals surface area (Å²) in [4.78, 5) is 23.7. The third kappa shape index (κ3) is 6.42. The first-order valence-corrected chi connectivity index (χ1v) is 12.1. The Morgan fingerprint density at radius 1 is 1.12 bits per heavy atom. The van der Waals surface area contributed by atoms with Gasteiger partial charge in [-0.15, -0.1) is 0 Å². The van der Waals surface area contributed by atoms with Crippen LogP contribution < -0.4 is 10.6 Å². The zero-order chi connectivity index (χ0) is 23.1. The normalized spacial score (nSPS) is 23.9. The summed E-state index contributed by atoms with van der Waals surface area (Å²) in [7, 11) is 0. The molecule has 3 rings (SSSR count). The predicted molar refractivity (Wildman–Crippen MR) is 125 cm³/mol. The van der Waals surface area contributed by atoms with Crippen molar-refractivity contribution in [2.24, 2.45) is 0 Å². The minimum absolute atomic E-state index is 0.0180. The molecule has 3 N–H and O–H groups in total. The molecular formula is C26H38N2O4. The molecule has 0 saturated heterocycles. The first-order chi connectivity index (χ1) is 15.4. The van der Waals surface area contributed by atoms with Crippen molar-refractivity contribution in [3.63, 3.8) is 0 Å². The van der Waals surface area contributed by atoms with Crippen LogP contribution in [-0.2, 0) is 20.9 Å². The average molecular weight is 443 g/mol. The van der Waals surface area contributed by atoms with Crippen molar-refractivity contribution in [3.05, 3.63) is 47.0 Å². The van der Waals surface area contributed by atoms with Crippen LogP contribution in [0.15, 0.2) is 35.9 Å². The van der Waals surface area contributed by atoms with Gasteiger partial charge in [0.2, 0.25) is 5.91 Å². The summed E-state index contributed by atoms with van der Waals surface area (Å²) in [5.74, 6) is -0.393. The SMILES string of the molecule is CCC(CC)O[C@@H]1C=C(C(=O)O)C[C@H](NCc2ccc(C3CCCC3)cc2)[C@H]1NC(C)=O. The number of amides is 1. The molecule has 0 aromatic heterocycles. The van der Waals surface area contributed by atoms with Crippen molar-refractivity contribution in [3.8, 4) is 0 Å². The van der Waals surface area contributed by atoms with E-state index in [4.69, 9.17) is 4.74 Å².